The number of hydrogen-bond acceptors (Lipinski definition) is 3. The highest BCUT2D eigenvalue weighted by atomic mass is 19.3. The minimum Gasteiger partial charge on any atom is -0.258 e. The molecule has 1 rings (SSSR count). The molecule has 0 amide bonds. The van der Waals surface area contributed by atoms with Crippen LogP contribution in [-0.4, -0.2) is 9.91 Å². The molecule has 0 unspecified atom stereocenters. The molecule has 4 nitrogen and oxygen atoms in total. The average molecular weight is 192 g/mol. The summed E-state index contributed by atoms with van der Waals surface area (Å²) in [6, 6.07) is 0.350. The van der Waals surface area contributed by atoms with Crippen molar-refractivity contribution in [2.45, 2.75) is 6.43 Å². The van der Waals surface area contributed by atoms with E-state index in [9.17, 15) is 23.3 Å². The van der Waals surface area contributed by atoms with Gasteiger partial charge in [-0.2, -0.15) is 4.39 Å². The highest BCUT2D eigenvalue weighted by molar-refractivity contribution is 5.29. The summed E-state index contributed by atoms with van der Waals surface area (Å²) >= 11 is 0. The minimum absolute atomic E-state index is 0.350. The lowest BCUT2D eigenvalue weighted by Crippen LogP contribution is -1.97. The van der Waals surface area contributed by atoms with Crippen molar-refractivity contribution in [1.29, 1.82) is 0 Å². The van der Waals surface area contributed by atoms with Crippen LogP contribution in [-0.2, 0) is 0 Å². The number of nitro groups is 1. The molecule has 70 valence electrons. The second kappa shape index (κ2) is 3.38. The number of hydrogen-bond donors (Lipinski definition) is 0. The highest BCUT2D eigenvalue weighted by Gasteiger charge is 2.18. The Balaban J connectivity index is 3.13. The van der Waals surface area contributed by atoms with Crippen molar-refractivity contribution in [2.24, 2.45) is 0 Å². The maximum absolute atomic E-state index is 12.6. The number of pyridine rings is 1. The Kier molecular flexibility index (Phi) is 2.45. The van der Waals surface area contributed by atoms with Gasteiger partial charge in [0.1, 0.15) is 11.9 Å². The van der Waals surface area contributed by atoms with Gasteiger partial charge in [0.15, 0.2) is 0 Å². The van der Waals surface area contributed by atoms with Gasteiger partial charge in [0.25, 0.3) is 6.43 Å². The van der Waals surface area contributed by atoms with Gasteiger partial charge < -0.3 is 0 Å². The average Bonchev–Trinajstić information content (AvgIpc) is 2.03. The first kappa shape index (κ1) is 9.43. The summed E-state index contributed by atoms with van der Waals surface area (Å²) in [6.07, 6.45) is -2.47. The molecular formula is C6H3F3N2O2. The van der Waals surface area contributed by atoms with Gasteiger partial charge in [0.2, 0.25) is 5.82 Å². The van der Waals surface area contributed by atoms with Crippen LogP contribution in [0.2, 0.25) is 0 Å². The zero-order valence-corrected chi connectivity index (χ0v) is 6.08. The van der Waals surface area contributed by atoms with E-state index in [0.717, 1.165) is 0 Å². The molecule has 0 bridgehead atoms. The van der Waals surface area contributed by atoms with E-state index in [1.54, 1.807) is 0 Å². The van der Waals surface area contributed by atoms with Gasteiger partial charge in [-0.1, -0.05) is 0 Å². The predicted molar refractivity (Wildman–Crippen MR) is 35.8 cm³/mol. The molecule has 0 radical (unpaired) electrons. The first-order valence-corrected chi connectivity index (χ1v) is 3.10. The maximum Gasteiger partial charge on any atom is 0.322 e. The summed E-state index contributed by atoms with van der Waals surface area (Å²) in [7, 11) is 0. The highest BCUT2D eigenvalue weighted by Crippen LogP contribution is 2.21. The number of alkyl halides is 2. The molecule has 0 saturated heterocycles. The Morgan fingerprint density at radius 2 is 2.15 bits per heavy atom. The van der Waals surface area contributed by atoms with E-state index in [0.29, 0.717) is 12.3 Å². The number of aromatic nitrogens is 1. The molecule has 0 aliphatic heterocycles. The summed E-state index contributed by atoms with van der Waals surface area (Å²) in [6.45, 7) is 0. The van der Waals surface area contributed by atoms with E-state index in [2.05, 4.69) is 4.98 Å². The second-order valence-electron chi connectivity index (χ2n) is 2.12. The molecule has 0 aromatic carbocycles. The summed E-state index contributed by atoms with van der Waals surface area (Å²) in [5, 5.41) is 10.0. The van der Waals surface area contributed by atoms with Gasteiger partial charge in [-0.15, -0.1) is 0 Å². The number of nitrogens with zero attached hydrogens (tertiary/aromatic N) is 2. The van der Waals surface area contributed by atoms with Crippen LogP contribution < -0.4 is 0 Å². The molecule has 0 saturated carbocycles. The Morgan fingerprint density at radius 3 is 2.54 bits per heavy atom. The first-order valence-electron chi connectivity index (χ1n) is 3.10. The predicted octanol–water partition coefficient (Wildman–Crippen LogP) is 2.07. The molecule has 0 atom stereocenters. The lowest BCUT2D eigenvalue weighted by molar-refractivity contribution is -0.387. The quantitative estimate of drug-likeness (QED) is 0.532. The Morgan fingerprint density at radius 1 is 1.54 bits per heavy atom. The summed E-state index contributed by atoms with van der Waals surface area (Å²) < 4.78 is 36.4. The molecule has 13 heavy (non-hydrogen) atoms. The van der Waals surface area contributed by atoms with Crippen LogP contribution in [0.4, 0.5) is 18.9 Å². The topological polar surface area (TPSA) is 56.0 Å². The van der Waals surface area contributed by atoms with Crippen LogP contribution in [0, 0.1) is 15.9 Å². The Labute approximate surface area is 70.2 Å². The summed E-state index contributed by atoms with van der Waals surface area (Å²) in [4.78, 5) is 12.0. The third kappa shape index (κ3) is 1.92. The minimum atomic E-state index is -2.93. The molecule has 0 fully saturated rings. The van der Waals surface area contributed by atoms with Crippen LogP contribution in [0.3, 0.4) is 0 Å². The van der Waals surface area contributed by atoms with Crippen LogP contribution >= 0.6 is 0 Å². The smallest absolute Gasteiger partial charge is 0.258 e. The third-order valence-corrected chi connectivity index (χ3v) is 1.28. The van der Waals surface area contributed by atoms with Gasteiger partial charge in [-0.3, -0.25) is 10.1 Å². The summed E-state index contributed by atoms with van der Waals surface area (Å²) in [5.41, 5.74) is -1.73. The van der Waals surface area contributed by atoms with Crippen molar-refractivity contribution in [3.05, 3.63) is 33.9 Å². The largest absolute Gasteiger partial charge is 0.322 e. The van der Waals surface area contributed by atoms with Crippen molar-refractivity contribution in [1.82, 2.24) is 4.98 Å². The molecule has 7 heteroatoms. The maximum atomic E-state index is 12.6. The van der Waals surface area contributed by atoms with E-state index in [1.165, 1.54) is 0 Å². The second-order valence-corrected chi connectivity index (χ2v) is 2.12. The first-order chi connectivity index (χ1) is 6.02. The molecular weight excluding hydrogens is 189 g/mol. The molecule has 0 spiro atoms. The van der Waals surface area contributed by atoms with Crippen molar-refractivity contribution in [3.8, 4) is 0 Å². The molecule has 1 aromatic heterocycles. The third-order valence-electron chi connectivity index (χ3n) is 1.28. The van der Waals surface area contributed by atoms with Gasteiger partial charge in [0.05, 0.1) is 4.92 Å². The normalized spacial score (nSPS) is 10.5. The summed E-state index contributed by atoms with van der Waals surface area (Å²) in [5.74, 6) is -1.31. The van der Waals surface area contributed by atoms with E-state index >= 15 is 0 Å². The van der Waals surface area contributed by atoms with Crippen LogP contribution in [0.15, 0.2) is 12.3 Å². The van der Waals surface area contributed by atoms with Gasteiger partial charge in [0, 0.05) is 6.07 Å². The van der Waals surface area contributed by atoms with E-state index < -0.39 is 28.5 Å². The van der Waals surface area contributed by atoms with Crippen LogP contribution in [0.25, 0.3) is 0 Å². The van der Waals surface area contributed by atoms with Crippen molar-refractivity contribution in [3.63, 3.8) is 0 Å². The van der Waals surface area contributed by atoms with E-state index in [1.807, 2.05) is 0 Å². The Bertz CT molecular complexity index is 343. The van der Waals surface area contributed by atoms with Crippen molar-refractivity contribution < 1.29 is 18.1 Å². The fraction of sp³-hybridized carbons (Fsp3) is 0.167. The molecule has 0 aliphatic carbocycles. The fourth-order valence-electron chi connectivity index (χ4n) is 0.692. The SMILES string of the molecule is O=[N+]([O-])c1cnc(C(F)F)cc1F. The monoisotopic (exact) mass is 192 g/mol. The van der Waals surface area contributed by atoms with Gasteiger partial charge >= 0.3 is 5.69 Å². The van der Waals surface area contributed by atoms with Crippen molar-refractivity contribution >= 4 is 5.69 Å². The fourth-order valence-corrected chi connectivity index (χ4v) is 0.692. The van der Waals surface area contributed by atoms with Crippen LogP contribution in [0.1, 0.15) is 12.1 Å². The standard InChI is InChI=1S/C6H3F3N2O2/c7-3-1-4(6(8)9)10-2-5(3)11(12)13/h1-2,6H. The molecule has 0 aliphatic rings. The number of rotatable bonds is 2. The Hall–Kier alpha value is -1.66. The lowest BCUT2D eigenvalue weighted by Gasteiger charge is -1.97. The molecule has 1 heterocycles. The zero-order valence-electron chi connectivity index (χ0n) is 6.08. The molecule has 0 N–H and O–H groups in total. The van der Waals surface area contributed by atoms with E-state index in [-0.39, 0.29) is 0 Å². The molecule has 1 aromatic rings. The van der Waals surface area contributed by atoms with E-state index in [4.69, 9.17) is 0 Å². The van der Waals surface area contributed by atoms with Gasteiger partial charge in [-0.05, 0) is 0 Å². The number of halogens is 3. The lowest BCUT2D eigenvalue weighted by atomic mass is 10.3. The van der Waals surface area contributed by atoms with Crippen molar-refractivity contribution in [2.75, 3.05) is 0 Å². The van der Waals surface area contributed by atoms with Gasteiger partial charge in [-0.25, -0.2) is 13.8 Å². The van der Waals surface area contributed by atoms with Crippen LogP contribution in [0.5, 0.6) is 0 Å². The zero-order chi connectivity index (χ0) is 10.0.